The van der Waals surface area contributed by atoms with Crippen LogP contribution in [-0.2, 0) is 36.6 Å². The highest BCUT2D eigenvalue weighted by Crippen LogP contribution is 2.39. The molecule has 0 bridgehead atoms. The molecule has 252 valence electrons. The third-order valence-corrected chi connectivity index (χ3v) is 7.97. The third-order valence-electron chi connectivity index (χ3n) is 7.97. The number of carbonyl (C=O) groups is 4. The predicted molar refractivity (Wildman–Crippen MR) is 170 cm³/mol. The number of ether oxygens (including phenoxy) is 2. The maximum absolute atomic E-state index is 14.1. The van der Waals surface area contributed by atoms with Gasteiger partial charge in [-0.25, -0.2) is 4.79 Å². The molecule has 3 aromatic rings. The van der Waals surface area contributed by atoms with Gasteiger partial charge in [0, 0.05) is 6.54 Å². The summed E-state index contributed by atoms with van der Waals surface area (Å²) in [5.41, 5.74) is -0.0572. The zero-order valence-electron chi connectivity index (χ0n) is 26.6. The van der Waals surface area contributed by atoms with E-state index in [9.17, 15) is 32.3 Å². The number of likely N-dealkylation sites (tertiary alicyclic amines) is 1. The topological polar surface area (TPSA) is 105 Å². The largest absolute Gasteiger partial charge is 0.460 e. The smallest absolute Gasteiger partial charge is 0.416 e. The number of β-lactam (4-membered cyclic amide) rings is 1. The molecule has 0 radical (unpaired) electrons. The van der Waals surface area contributed by atoms with Gasteiger partial charge in [0.05, 0.1) is 24.1 Å². The highest BCUT2D eigenvalue weighted by Gasteiger charge is 2.58. The molecule has 2 saturated heterocycles. The molecule has 4 atom stereocenters. The number of benzene rings is 3. The molecule has 2 aliphatic heterocycles. The molecule has 3 amide bonds. The zero-order valence-corrected chi connectivity index (χ0v) is 26.6. The molecule has 12 heteroatoms. The summed E-state index contributed by atoms with van der Waals surface area (Å²) in [6.45, 7) is 4.70. The highest BCUT2D eigenvalue weighted by molar-refractivity contribution is 5.99. The number of alkyl halides is 3. The molecule has 0 aliphatic carbocycles. The van der Waals surface area contributed by atoms with Gasteiger partial charge < -0.3 is 19.7 Å². The number of esters is 1. The van der Waals surface area contributed by atoms with Crippen LogP contribution >= 0.6 is 0 Å². The van der Waals surface area contributed by atoms with Gasteiger partial charge in [-0.15, -0.1) is 0 Å². The van der Waals surface area contributed by atoms with E-state index < -0.39 is 71.8 Å². The van der Waals surface area contributed by atoms with Crippen molar-refractivity contribution in [1.82, 2.24) is 15.1 Å². The molecule has 3 aromatic carbocycles. The summed E-state index contributed by atoms with van der Waals surface area (Å²) in [6, 6.07) is 18.8. The number of amides is 3. The first-order valence-electron chi connectivity index (χ1n) is 15.4. The predicted octanol–water partition coefficient (Wildman–Crippen LogP) is 5.91. The fourth-order valence-electron chi connectivity index (χ4n) is 5.83. The van der Waals surface area contributed by atoms with Gasteiger partial charge in [-0.3, -0.25) is 19.3 Å². The maximum Gasteiger partial charge on any atom is 0.416 e. The number of carbonyl (C=O) groups excluding carboxylic acids is 4. The van der Waals surface area contributed by atoms with Gasteiger partial charge in [0.2, 0.25) is 11.8 Å². The molecule has 2 fully saturated rings. The first-order chi connectivity index (χ1) is 22.7. The lowest BCUT2D eigenvalue weighted by Crippen LogP contribution is -2.74. The Balaban J connectivity index is 1.48. The highest BCUT2D eigenvalue weighted by atomic mass is 19.4. The van der Waals surface area contributed by atoms with Crippen molar-refractivity contribution in [2.45, 2.75) is 69.7 Å². The van der Waals surface area contributed by atoms with Crippen LogP contribution in [0.2, 0.25) is 0 Å². The minimum atomic E-state index is -4.58. The summed E-state index contributed by atoms with van der Waals surface area (Å²) in [7, 11) is 0. The Labute approximate surface area is 276 Å². The second kappa shape index (κ2) is 13.9. The number of cyclic esters (lactones) is 1. The van der Waals surface area contributed by atoms with E-state index >= 15 is 0 Å². The average Bonchev–Trinajstić information content (AvgIpc) is 3.41. The van der Waals surface area contributed by atoms with Crippen molar-refractivity contribution in [3.05, 3.63) is 113 Å². The molecule has 0 unspecified atom stereocenters. The summed E-state index contributed by atoms with van der Waals surface area (Å²) in [5, 5.41) is 2.60. The summed E-state index contributed by atoms with van der Waals surface area (Å²) < 4.78 is 50.8. The summed E-state index contributed by atoms with van der Waals surface area (Å²) in [4.78, 5) is 56.8. The monoisotopic (exact) mass is 663 g/mol. The van der Waals surface area contributed by atoms with Gasteiger partial charge in [0.15, 0.2) is 0 Å². The number of halogens is 3. The van der Waals surface area contributed by atoms with Crippen molar-refractivity contribution in [3.8, 4) is 0 Å². The van der Waals surface area contributed by atoms with E-state index in [4.69, 9.17) is 9.47 Å². The van der Waals surface area contributed by atoms with Crippen LogP contribution < -0.4 is 5.32 Å². The molecule has 48 heavy (non-hydrogen) atoms. The van der Waals surface area contributed by atoms with Crippen LogP contribution in [0.1, 0.15) is 55.5 Å². The maximum atomic E-state index is 14.1. The molecule has 0 saturated carbocycles. The number of nitrogens with one attached hydrogen (secondary N) is 1. The molecule has 0 aromatic heterocycles. The van der Waals surface area contributed by atoms with Crippen molar-refractivity contribution in [2.75, 3.05) is 6.61 Å². The first kappa shape index (κ1) is 34.2. The standard InChI is InChI=1S/C36H36F3N3O6/c1-35(2,3)48-30(43)20-28(32(44)40-21-24-13-10-16-26(19-24)36(37,38)39)41-27(18-17-23-11-6-4-7-12-23)31(33(41)45)42-29(22-47-34(42)46)25-14-8-5-9-15-25/h4-19,27-29,31H,20-22H2,1-3H3,(H,40,44)/t27-,28+,29-,31+/m1/s1. The SMILES string of the molecule is CC(C)(C)OC(=O)C[C@@H](C(=O)NCc1cccc(C(F)(F)F)c1)N1C(=O)[C@@H](N2C(=O)OC[C@@H]2c2ccccc2)[C@H]1C=Cc1ccccc1. The van der Waals surface area contributed by atoms with E-state index in [1.165, 1.54) is 21.9 Å². The number of rotatable bonds is 10. The Hall–Kier alpha value is -5.13. The van der Waals surface area contributed by atoms with Crippen LogP contribution in [0.5, 0.6) is 0 Å². The summed E-state index contributed by atoms with van der Waals surface area (Å²) in [5.74, 6) is -2.13. The Bertz CT molecular complexity index is 1670. The molecule has 2 aliphatic rings. The molecule has 9 nitrogen and oxygen atoms in total. The fourth-order valence-corrected chi connectivity index (χ4v) is 5.83. The Morgan fingerprint density at radius 2 is 1.65 bits per heavy atom. The first-order valence-corrected chi connectivity index (χ1v) is 15.4. The second-order valence-electron chi connectivity index (χ2n) is 12.6. The zero-order chi connectivity index (χ0) is 34.6. The van der Waals surface area contributed by atoms with Gasteiger partial charge in [-0.1, -0.05) is 84.9 Å². The Morgan fingerprint density at radius 1 is 0.979 bits per heavy atom. The van der Waals surface area contributed by atoms with Crippen molar-refractivity contribution < 1.29 is 41.8 Å². The fraction of sp³-hybridized carbons (Fsp3) is 0.333. The van der Waals surface area contributed by atoms with E-state index in [2.05, 4.69) is 5.32 Å². The van der Waals surface area contributed by atoms with Crippen LogP contribution in [0.3, 0.4) is 0 Å². The minimum Gasteiger partial charge on any atom is -0.460 e. The van der Waals surface area contributed by atoms with Gasteiger partial charge in [-0.2, -0.15) is 13.2 Å². The lowest BCUT2D eigenvalue weighted by Gasteiger charge is -2.52. The van der Waals surface area contributed by atoms with Crippen LogP contribution in [0.15, 0.2) is 91.0 Å². The molecule has 1 N–H and O–H groups in total. The van der Waals surface area contributed by atoms with Crippen LogP contribution in [-0.4, -0.2) is 64.0 Å². The number of hydrogen-bond acceptors (Lipinski definition) is 6. The van der Waals surface area contributed by atoms with Gasteiger partial charge in [-0.05, 0) is 49.6 Å². The average molecular weight is 664 g/mol. The van der Waals surface area contributed by atoms with Gasteiger partial charge in [0.1, 0.15) is 24.3 Å². The molecule has 5 rings (SSSR count). The summed E-state index contributed by atoms with van der Waals surface area (Å²) in [6.07, 6.45) is -2.37. The molecular formula is C36H36F3N3O6. The second-order valence-corrected chi connectivity index (χ2v) is 12.6. The van der Waals surface area contributed by atoms with E-state index in [0.717, 1.165) is 23.3 Å². The van der Waals surface area contributed by atoms with Crippen LogP contribution in [0, 0.1) is 0 Å². The van der Waals surface area contributed by atoms with E-state index in [1.54, 1.807) is 32.9 Å². The van der Waals surface area contributed by atoms with Gasteiger partial charge in [0.25, 0.3) is 0 Å². The van der Waals surface area contributed by atoms with Crippen molar-refractivity contribution >= 4 is 30.0 Å². The number of nitrogens with zero attached hydrogens (tertiary/aromatic N) is 2. The van der Waals surface area contributed by atoms with Crippen LogP contribution in [0.4, 0.5) is 18.0 Å². The number of hydrogen-bond donors (Lipinski definition) is 1. The molecule has 0 spiro atoms. The van der Waals surface area contributed by atoms with E-state index in [0.29, 0.717) is 0 Å². The quantitative estimate of drug-likeness (QED) is 0.214. The van der Waals surface area contributed by atoms with E-state index in [-0.39, 0.29) is 18.7 Å². The van der Waals surface area contributed by atoms with Crippen molar-refractivity contribution in [2.24, 2.45) is 0 Å². The summed E-state index contributed by atoms with van der Waals surface area (Å²) >= 11 is 0. The molecule has 2 heterocycles. The minimum absolute atomic E-state index is 0.0144. The van der Waals surface area contributed by atoms with E-state index in [1.807, 2.05) is 60.7 Å². The third kappa shape index (κ3) is 7.87. The molecular weight excluding hydrogens is 627 g/mol. The lowest BCUT2D eigenvalue weighted by atomic mass is 9.87. The lowest BCUT2D eigenvalue weighted by molar-refractivity contribution is -0.168. The Kier molecular flexibility index (Phi) is 9.92. The van der Waals surface area contributed by atoms with Crippen molar-refractivity contribution in [1.29, 1.82) is 0 Å². The van der Waals surface area contributed by atoms with Crippen LogP contribution in [0.25, 0.3) is 6.08 Å². The normalized spacial score (nSPS) is 20.3. The van der Waals surface area contributed by atoms with Gasteiger partial charge >= 0.3 is 18.2 Å². The van der Waals surface area contributed by atoms with Crippen molar-refractivity contribution in [3.63, 3.8) is 0 Å². The Morgan fingerprint density at radius 3 is 2.29 bits per heavy atom.